The van der Waals surface area contributed by atoms with E-state index in [0.717, 1.165) is 6.92 Å². The van der Waals surface area contributed by atoms with Crippen LogP contribution in [0.4, 0.5) is 0 Å². The van der Waals surface area contributed by atoms with E-state index >= 15 is 0 Å². The molecule has 0 radical (unpaired) electrons. The van der Waals surface area contributed by atoms with Crippen molar-refractivity contribution in [2.24, 2.45) is 0 Å². The number of ether oxygens (including phenoxy) is 2. The van der Waals surface area contributed by atoms with E-state index in [-0.39, 0.29) is 0 Å². The second-order valence-corrected chi connectivity index (χ2v) is 4.05. The van der Waals surface area contributed by atoms with Crippen LogP contribution in [-0.4, -0.2) is 41.5 Å². The highest BCUT2D eigenvalue weighted by molar-refractivity contribution is 6.32. The maximum atomic E-state index is 11.6. The van der Waals surface area contributed by atoms with Crippen LogP contribution in [-0.2, 0) is 33.4 Å². The number of Topliss-reactive ketones (excluding diaryl/α,β-unsaturated/α-hetero) is 3. The molecule has 0 aromatic heterocycles. The molecule has 7 nitrogen and oxygen atoms in total. The number of hydrogen-bond acceptors (Lipinski definition) is 7. The zero-order chi connectivity index (χ0) is 15.2. The molecule has 0 rings (SSSR count). The largest absolute Gasteiger partial charge is 0.452 e. The lowest BCUT2D eigenvalue weighted by Gasteiger charge is -2.17. The quantitative estimate of drug-likeness (QED) is 0.474. The molecule has 0 N–H and O–H groups in total. The van der Waals surface area contributed by atoms with E-state index in [9.17, 15) is 24.0 Å². The molecule has 106 valence electrons. The van der Waals surface area contributed by atoms with Crippen LogP contribution in [0.1, 0.15) is 34.1 Å². The maximum Gasteiger partial charge on any atom is 0.375 e. The van der Waals surface area contributed by atoms with Gasteiger partial charge in [0.15, 0.2) is 11.9 Å². The van der Waals surface area contributed by atoms with Crippen LogP contribution in [0.25, 0.3) is 0 Å². The lowest BCUT2D eigenvalue weighted by Crippen LogP contribution is -2.36. The van der Waals surface area contributed by atoms with Gasteiger partial charge in [0.1, 0.15) is 5.78 Å². The Hall–Kier alpha value is -2.05. The van der Waals surface area contributed by atoms with Crippen molar-refractivity contribution < 1.29 is 33.4 Å². The van der Waals surface area contributed by atoms with Crippen LogP contribution in [0.3, 0.4) is 0 Å². The lowest BCUT2D eigenvalue weighted by molar-refractivity contribution is -0.174. The summed E-state index contributed by atoms with van der Waals surface area (Å²) in [6.45, 7) is 4.73. The molecule has 2 atom stereocenters. The van der Waals surface area contributed by atoms with Gasteiger partial charge in [-0.05, 0) is 20.8 Å². The average Bonchev–Trinajstić information content (AvgIpc) is 2.26. The van der Waals surface area contributed by atoms with Gasteiger partial charge in [0, 0.05) is 6.92 Å². The molecule has 0 aliphatic carbocycles. The summed E-state index contributed by atoms with van der Waals surface area (Å²) in [5.41, 5.74) is 0. The summed E-state index contributed by atoms with van der Waals surface area (Å²) in [5.74, 6) is -3.99. The van der Waals surface area contributed by atoms with Gasteiger partial charge in [-0.25, -0.2) is 9.59 Å². The second kappa shape index (κ2) is 7.40. The maximum absolute atomic E-state index is 11.6. The number of carbonyl (C=O) groups excluding carboxylic acids is 5. The summed E-state index contributed by atoms with van der Waals surface area (Å²) in [6, 6.07) is 0. The molecule has 0 aliphatic heterocycles. The van der Waals surface area contributed by atoms with Crippen molar-refractivity contribution in [2.75, 3.05) is 0 Å². The molecule has 0 saturated heterocycles. The third-order valence-corrected chi connectivity index (χ3v) is 2.14. The average molecular weight is 272 g/mol. The fourth-order valence-corrected chi connectivity index (χ4v) is 0.979. The normalized spacial score (nSPS) is 13.1. The van der Waals surface area contributed by atoms with E-state index in [1.807, 2.05) is 0 Å². The molecule has 0 spiro atoms. The predicted octanol–water partition coefficient (Wildman–Crippen LogP) is -0.0130. The summed E-state index contributed by atoms with van der Waals surface area (Å²) in [6.07, 6.45) is -2.95. The standard InChI is InChI=1S/C12H16O7/c1-6(13)5-10(19-11(16)8(3)15)12(17)18-9(4)7(2)14/h9-10H,5H2,1-4H3. The molecule has 7 heteroatoms. The van der Waals surface area contributed by atoms with Crippen molar-refractivity contribution in [1.82, 2.24) is 0 Å². The van der Waals surface area contributed by atoms with E-state index < -0.39 is 47.9 Å². The minimum atomic E-state index is -1.52. The molecular weight excluding hydrogens is 256 g/mol. The van der Waals surface area contributed by atoms with Gasteiger partial charge in [0.25, 0.3) is 0 Å². The zero-order valence-corrected chi connectivity index (χ0v) is 11.2. The number of ketones is 3. The third-order valence-electron chi connectivity index (χ3n) is 2.14. The van der Waals surface area contributed by atoms with Gasteiger partial charge >= 0.3 is 11.9 Å². The zero-order valence-electron chi connectivity index (χ0n) is 11.2. The molecular formula is C12H16O7. The van der Waals surface area contributed by atoms with E-state index in [1.165, 1.54) is 20.8 Å². The minimum Gasteiger partial charge on any atom is -0.452 e. The Morgan fingerprint density at radius 2 is 1.47 bits per heavy atom. The van der Waals surface area contributed by atoms with Crippen molar-refractivity contribution in [2.45, 2.75) is 46.3 Å². The summed E-state index contributed by atoms with van der Waals surface area (Å²) < 4.78 is 9.30. The van der Waals surface area contributed by atoms with E-state index in [4.69, 9.17) is 4.74 Å². The summed E-state index contributed by atoms with van der Waals surface area (Å²) in [7, 11) is 0. The van der Waals surface area contributed by atoms with Gasteiger partial charge in [-0.2, -0.15) is 0 Å². The Kier molecular flexibility index (Phi) is 6.60. The topological polar surface area (TPSA) is 104 Å². The van der Waals surface area contributed by atoms with Crippen molar-refractivity contribution in [1.29, 1.82) is 0 Å². The number of hydrogen-bond donors (Lipinski definition) is 0. The molecule has 0 saturated carbocycles. The molecule has 0 bridgehead atoms. The number of rotatable bonds is 7. The Morgan fingerprint density at radius 1 is 0.947 bits per heavy atom. The van der Waals surface area contributed by atoms with E-state index in [0.29, 0.717) is 0 Å². The Morgan fingerprint density at radius 3 is 1.84 bits per heavy atom. The first-order valence-electron chi connectivity index (χ1n) is 5.57. The molecule has 0 aromatic rings. The monoisotopic (exact) mass is 272 g/mol. The van der Waals surface area contributed by atoms with Crippen molar-refractivity contribution >= 4 is 29.3 Å². The summed E-state index contributed by atoms with van der Waals surface area (Å²) >= 11 is 0. The van der Waals surface area contributed by atoms with Crippen LogP contribution in [0.2, 0.25) is 0 Å². The first kappa shape index (κ1) is 16.9. The molecule has 0 heterocycles. The molecule has 2 unspecified atom stereocenters. The third kappa shape index (κ3) is 6.44. The predicted molar refractivity (Wildman–Crippen MR) is 62.1 cm³/mol. The van der Waals surface area contributed by atoms with Gasteiger partial charge < -0.3 is 9.47 Å². The Balaban J connectivity index is 4.79. The Labute approximate surface area is 110 Å². The van der Waals surface area contributed by atoms with Crippen LogP contribution < -0.4 is 0 Å². The van der Waals surface area contributed by atoms with Crippen molar-refractivity contribution in [3.63, 3.8) is 0 Å². The highest BCUT2D eigenvalue weighted by atomic mass is 16.6. The highest BCUT2D eigenvalue weighted by Crippen LogP contribution is 2.06. The minimum absolute atomic E-state index is 0.396. The van der Waals surface area contributed by atoms with Crippen molar-refractivity contribution in [3.05, 3.63) is 0 Å². The number of esters is 2. The first-order chi connectivity index (χ1) is 8.65. The van der Waals surface area contributed by atoms with Crippen LogP contribution >= 0.6 is 0 Å². The van der Waals surface area contributed by atoms with E-state index in [2.05, 4.69) is 4.74 Å². The fourth-order valence-electron chi connectivity index (χ4n) is 0.979. The first-order valence-corrected chi connectivity index (χ1v) is 5.57. The van der Waals surface area contributed by atoms with Gasteiger partial charge in [0.05, 0.1) is 6.42 Å². The Bertz CT molecular complexity index is 410. The van der Waals surface area contributed by atoms with Crippen LogP contribution in [0.5, 0.6) is 0 Å². The van der Waals surface area contributed by atoms with Gasteiger partial charge in [-0.15, -0.1) is 0 Å². The number of carbonyl (C=O) groups is 5. The van der Waals surface area contributed by atoms with E-state index in [1.54, 1.807) is 0 Å². The summed E-state index contributed by atoms with van der Waals surface area (Å²) in [4.78, 5) is 55.4. The lowest BCUT2D eigenvalue weighted by atomic mass is 10.2. The highest BCUT2D eigenvalue weighted by Gasteiger charge is 2.29. The molecule has 0 fully saturated rings. The molecule has 0 amide bonds. The summed E-state index contributed by atoms with van der Waals surface area (Å²) in [5, 5.41) is 0. The van der Waals surface area contributed by atoms with Crippen LogP contribution in [0, 0.1) is 0 Å². The fraction of sp³-hybridized carbons (Fsp3) is 0.583. The van der Waals surface area contributed by atoms with Crippen LogP contribution in [0.15, 0.2) is 0 Å². The second-order valence-electron chi connectivity index (χ2n) is 4.05. The van der Waals surface area contributed by atoms with Gasteiger partial charge in [0.2, 0.25) is 11.9 Å². The molecule has 0 aliphatic rings. The SMILES string of the molecule is CC(=O)CC(OC(=O)C(C)=O)C(=O)OC(C)C(C)=O. The van der Waals surface area contributed by atoms with Gasteiger partial charge in [-0.3, -0.25) is 14.4 Å². The molecule has 0 aromatic carbocycles. The molecule has 19 heavy (non-hydrogen) atoms. The smallest absolute Gasteiger partial charge is 0.375 e. The van der Waals surface area contributed by atoms with Crippen molar-refractivity contribution in [3.8, 4) is 0 Å². The van der Waals surface area contributed by atoms with Gasteiger partial charge in [-0.1, -0.05) is 0 Å².